The molecule has 0 aliphatic carbocycles. The summed E-state index contributed by atoms with van der Waals surface area (Å²) in [6.07, 6.45) is 1.71. The Morgan fingerprint density at radius 3 is 1.92 bits per heavy atom. The normalized spacial score (nSPS) is 11.9. The van der Waals surface area contributed by atoms with Crippen molar-refractivity contribution >= 4 is 0 Å². The van der Waals surface area contributed by atoms with Crippen LogP contribution in [0.25, 0.3) is 16.8 Å². The summed E-state index contributed by atoms with van der Waals surface area (Å²) in [6, 6.07) is 26.4. The van der Waals surface area contributed by atoms with Crippen molar-refractivity contribution in [1.82, 2.24) is 19.9 Å². The molecule has 0 spiro atoms. The second kappa shape index (κ2) is 11.2. The van der Waals surface area contributed by atoms with Gasteiger partial charge in [0, 0.05) is 19.4 Å². The number of hydrogen-bond acceptors (Lipinski definition) is 3. The highest BCUT2D eigenvalue weighted by atomic mass is 15.4. The Morgan fingerprint density at radius 2 is 1.36 bits per heavy atom. The Labute approximate surface area is 217 Å². The Kier molecular flexibility index (Phi) is 8.05. The highest BCUT2D eigenvalue weighted by molar-refractivity contribution is 5.64. The highest BCUT2D eigenvalue weighted by Gasteiger charge is 2.17. The summed E-state index contributed by atoms with van der Waals surface area (Å²) in [5.74, 6) is 0. The molecule has 0 saturated heterocycles. The number of rotatable bonds is 9. The first kappa shape index (κ1) is 25.8. The van der Waals surface area contributed by atoms with E-state index in [9.17, 15) is 0 Å². The fourth-order valence-electron chi connectivity index (χ4n) is 4.57. The number of nitrogens with zero attached hydrogens (tertiary/aromatic N) is 4. The van der Waals surface area contributed by atoms with E-state index >= 15 is 0 Å². The second-order valence-corrected chi connectivity index (χ2v) is 10.7. The zero-order valence-corrected chi connectivity index (χ0v) is 22.8. The molecule has 0 atom stereocenters. The van der Waals surface area contributed by atoms with Gasteiger partial charge in [0.05, 0.1) is 17.1 Å². The molecule has 1 aromatic heterocycles. The molecule has 4 rings (SSSR count). The first-order valence-corrected chi connectivity index (χ1v) is 13.2. The topological polar surface area (TPSA) is 34.0 Å². The van der Waals surface area contributed by atoms with Gasteiger partial charge in [0.1, 0.15) is 0 Å². The zero-order chi connectivity index (χ0) is 25.7. The maximum absolute atomic E-state index is 4.63. The molecule has 0 saturated carbocycles. The third kappa shape index (κ3) is 6.11. The van der Waals surface area contributed by atoms with Crippen molar-refractivity contribution in [3.8, 4) is 16.8 Å². The van der Waals surface area contributed by atoms with Crippen LogP contribution in [0.5, 0.6) is 0 Å². The van der Waals surface area contributed by atoms with Crippen molar-refractivity contribution in [2.45, 2.75) is 59.8 Å². The van der Waals surface area contributed by atoms with Gasteiger partial charge in [-0.1, -0.05) is 106 Å². The quantitative estimate of drug-likeness (QED) is 0.258. The van der Waals surface area contributed by atoms with Gasteiger partial charge in [0.2, 0.25) is 0 Å². The number of aryl methyl sites for hydroxylation is 1. The predicted octanol–water partition coefficient (Wildman–Crippen LogP) is 7.02. The molecule has 36 heavy (non-hydrogen) atoms. The van der Waals surface area contributed by atoms with E-state index in [0.717, 1.165) is 43.9 Å². The Balaban J connectivity index is 1.59. The molecule has 1 heterocycles. The van der Waals surface area contributed by atoms with E-state index in [-0.39, 0.29) is 5.41 Å². The number of hydrogen-bond donors (Lipinski definition) is 0. The van der Waals surface area contributed by atoms with E-state index < -0.39 is 0 Å². The van der Waals surface area contributed by atoms with E-state index in [1.807, 2.05) is 4.68 Å². The van der Waals surface area contributed by atoms with Gasteiger partial charge in [0.25, 0.3) is 0 Å². The molecule has 3 aromatic carbocycles. The molecule has 4 aromatic rings. The molecule has 4 nitrogen and oxygen atoms in total. The lowest BCUT2D eigenvalue weighted by molar-refractivity contribution is 0.306. The van der Waals surface area contributed by atoms with E-state index in [0.29, 0.717) is 0 Å². The lowest BCUT2D eigenvalue weighted by Gasteiger charge is -2.19. The van der Waals surface area contributed by atoms with Gasteiger partial charge in [-0.25, -0.2) is 4.68 Å². The van der Waals surface area contributed by atoms with Crippen molar-refractivity contribution in [1.29, 1.82) is 0 Å². The molecular weight excluding hydrogens is 440 g/mol. The molecule has 0 radical (unpaired) electrons. The smallest absolute Gasteiger partial charge is 0.0880 e. The van der Waals surface area contributed by atoms with Crippen LogP contribution in [0.4, 0.5) is 0 Å². The van der Waals surface area contributed by atoms with E-state index in [1.165, 1.54) is 33.5 Å². The first-order valence-electron chi connectivity index (χ1n) is 13.2. The van der Waals surface area contributed by atoms with Crippen LogP contribution in [-0.4, -0.2) is 39.5 Å². The summed E-state index contributed by atoms with van der Waals surface area (Å²) in [5, 5.41) is 9.21. The van der Waals surface area contributed by atoms with Gasteiger partial charge in [-0.3, -0.25) is 0 Å². The Bertz CT molecular complexity index is 1240. The maximum atomic E-state index is 4.63. The van der Waals surface area contributed by atoms with E-state index in [2.05, 4.69) is 130 Å². The van der Waals surface area contributed by atoms with Crippen molar-refractivity contribution in [2.75, 3.05) is 19.6 Å². The van der Waals surface area contributed by atoms with E-state index in [1.54, 1.807) is 0 Å². The Morgan fingerprint density at radius 1 is 0.778 bits per heavy atom. The summed E-state index contributed by atoms with van der Waals surface area (Å²) in [6.45, 7) is 16.4. The van der Waals surface area contributed by atoms with Gasteiger partial charge < -0.3 is 4.90 Å². The van der Waals surface area contributed by atoms with Crippen LogP contribution in [0.1, 0.15) is 62.7 Å². The van der Waals surface area contributed by atoms with Crippen LogP contribution >= 0.6 is 0 Å². The van der Waals surface area contributed by atoms with Crippen LogP contribution in [0.3, 0.4) is 0 Å². The minimum absolute atomic E-state index is 0.166. The molecule has 0 unspecified atom stereocenters. The average molecular weight is 481 g/mol. The molecule has 0 fully saturated rings. The Hall–Kier alpha value is -3.24. The highest BCUT2D eigenvalue weighted by Crippen LogP contribution is 2.27. The fourth-order valence-corrected chi connectivity index (χ4v) is 4.57. The molecule has 0 amide bonds. The zero-order valence-electron chi connectivity index (χ0n) is 22.8. The monoisotopic (exact) mass is 480 g/mol. The molecule has 0 N–H and O–H groups in total. The number of aromatic nitrogens is 3. The largest absolute Gasteiger partial charge is 0.303 e. The molecule has 188 valence electrons. The van der Waals surface area contributed by atoms with Gasteiger partial charge in [-0.05, 0) is 59.8 Å². The fraction of sp³-hybridized carbons (Fsp3) is 0.375. The lowest BCUT2D eigenvalue weighted by Crippen LogP contribution is -2.25. The predicted molar refractivity (Wildman–Crippen MR) is 151 cm³/mol. The van der Waals surface area contributed by atoms with Gasteiger partial charge in [-0.15, -0.1) is 5.10 Å². The molecular formula is C32H40N4. The molecule has 0 aliphatic rings. The lowest BCUT2D eigenvalue weighted by atomic mass is 9.86. The van der Waals surface area contributed by atoms with Crippen LogP contribution in [0.15, 0.2) is 72.8 Å². The SMILES string of the molecule is CCN(CC)CCc1nnn(-c2ccc(C)cc2)c1Cc1ccc(-c2ccc(C(C)(C)C)cc2)cc1. The number of benzene rings is 3. The maximum Gasteiger partial charge on any atom is 0.0880 e. The average Bonchev–Trinajstić information content (AvgIpc) is 3.27. The molecule has 0 aliphatic heterocycles. The summed E-state index contributed by atoms with van der Waals surface area (Å²) < 4.78 is 2.02. The van der Waals surface area contributed by atoms with Crippen LogP contribution in [-0.2, 0) is 18.3 Å². The van der Waals surface area contributed by atoms with Crippen LogP contribution in [0.2, 0.25) is 0 Å². The molecule has 0 bridgehead atoms. The van der Waals surface area contributed by atoms with E-state index in [4.69, 9.17) is 0 Å². The minimum Gasteiger partial charge on any atom is -0.303 e. The van der Waals surface area contributed by atoms with Gasteiger partial charge in [-0.2, -0.15) is 0 Å². The van der Waals surface area contributed by atoms with Crippen molar-refractivity contribution < 1.29 is 0 Å². The van der Waals surface area contributed by atoms with Crippen molar-refractivity contribution in [2.24, 2.45) is 0 Å². The third-order valence-corrected chi connectivity index (χ3v) is 7.09. The van der Waals surface area contributed by atoms with Crippen molar-refractivity contribution in [3.05, 3.63) is 101 Å². The minimum atomic E-state index is 0.166. The molecule has 4 heteroatoms. The number of likely N-dealkylation sites (N-methyl/N-ethyl adjacent to an activating group) is 1. The summed E-state index contributed by atoms with van der Waals surface area (Å²) in [5.41, 5.74) is 9.85. The van der Waals surface area contributed by atoms with Gasteiger partial charge in [0.15, 0.2) is 0 Å². The standard InChI is InChI=1S/C32H40N4/c1-7-35(8-2)22-21-30-31(36(34-33-30)29-19-9-24(3)10-20-29)23-25-11-13-26(14-12-25)27-15-17-28(18-16-27)32(4,5)6/h9-20H,7-8,21-23H2,1-6H3. The van der Waals surface area contributed by atoms with Crippen LogP contribution < -0.4 is 0 Å². The third-order valence-electron chi connectivity index (χ3n) is 7.09. The summed E-state index contributed by atoms with van der Waals surface area (Å²) in [7, 11) is 0. The van der Waals surface area contributed by atoms with Crippen LogP contribution in [0, 0.1) is 6.92 Å². The summed E-state index contributed by atoms with van der Waals surface area (Å²) >= 11 is 0. The van der Waals surface area contributed by atoms with Gasteiger partial charge >= 0.3 is 0 Å². The first-order chi connectivity index (χ1) is 17.3. The summed E-state index contributed by atoms with van der Waals surface area (Å²) in [4.78, 5) is 2.44. The van der Waals surface area contributed by atoms with Crippen molar-refractivity contribution in [3.63, 3.8) is 0 Å². The second-order valence-electron chi connectivity index (χ2n) is 10.7.